The lowest BCUT2D eigenvalue weighted by Crippen LogP contribution is -2.54. The number of fused-ring (bicyclic) bond motifs is 4. The van der Waals surface area contributed by atoms with Crippen molar-refractivity contribution >= 4 is 5.97 Å². The van der Waals surface area contributed by atoms with E-state index >= 15 is 0 Å². The van der Waals surface area contributed by atoms with Crippen molar-refractivity contribution < 1.29 is 33.7 Å². The van der Waals surface area contributed by atoms with Crippen LogP contribution in [0.1, 0.15) is 27.2 Å². The fraction of sp³-hybridized carbons (Fsp3) is 0.929. The van der Waals surface area contributed by atoms with Crippen molar-refractivity contribution in [3.8, 4) is 0 Å². The van der Waals surface area contributed by atoms with Gasteiger partial charge in [0.15, 0.2) is 29.8 Å². The van der Waals surface area contributed by atoms with Crippen LogP contribution in [-0.2, 0) is 28.6 Å². The van der Waals surface area contributed by atoms with Gasteiger partial charge in [-0.1, -0.05) is 0 Å². The molecule has 0 aliphatic carbocycles. The van der Waals surface area contributed by atoms with Crippen molar-refractivity contribution in [3.63, 3.8) is 0 Å². The Balaban J connectivity index is 1.66. The van der Waals surface area contributed by atoms with Crippen LogP contribution >= 0.6 is 0 Å². The van der Waals surface area contributed by atoms with Gasteiger partial charge in [-0.3, -0.25) is 4.84 Å². The first-order valence-corrected chi connectivity index (χ1v) is 7.47. The van der Waals surface area contributed by atoms with Gasteiger partial charge in [0.05, 0.1) is 6.61 Å². The highest BCUT2D eigenvalue weighted by atomic mass is 16.8. The van der Waals surface area contributed by atoms with Crippen LogP contribution in [0.15, 0.2) is 0 Å². The lowest BCUT2D eigenvalue weighted by molar-refractivity contribution is -0.241. The molecule has 0 saturated carbocycles. The summed E-state index contributed by atoms with van der Waals surface area (Å²) in [5.41, 5.74) is -1.92. The minimum absolute atomic E-state index is 0.198. The minimum atomic E-state index is -1.08. The minimum Gasteiger partial charge on any atom is -0.455 e. The second-order valence-electron chi connectivity index (χ2n) is 7.19. The number of aliphatic hydroxyl groups excluding tert-OH is 1. The largest absolute Gasteiger partial charge is 0.455 e. The number of esters is 1. The first-order chi connectivity index (χ1) is 10.2. The molecule has 0 amide bonds. The predicted octanol–water partition coefficient (Wildman–Crippen LogP) is -0.455. The maximum atomic E-state index is 12.6. The Bertz CT molecular complexity index is 525. The first-order valence-electron chi connectivity index (χ1n) is 7.47. The van der Waals surface area contributed by atoms with Crippen molar-refractivity contribution in [2.45, 2.75) is 68.7 Å². The highest BCUT2D eigenvalue weighted by Gasteiger charge is 2.74. The number of ether oxygens (including phenoxy) is 4. The summed E-state index contributed by atoms with van der Waals surface area (Å²) >= 11 is 0. The summed E-state index contributed by atoms with van der Waals surface area (Å²) in [4.78, 5) is 18.3. The molecule has 22 heavy (non-hydrogen) atoms. The number of carbonyl (C=O) groups is 1. The van der Waals surface area contributed by atoms with Gasteiger partial charge in [0.2, 0.25) is 0 Å². The summed E-state index contributed by atoms with van der Waals surface area (Å²) in [7, 11) is 1.66. The van der Waals surface area contributed by atoms with Gasteiger partial charge >= 0.3 is 5.97 Å². The highest BCUT2D eigenvalue weighted by molar-refractivity contribution is 5.85. The third-order valence-electron chi connectivity index (χ3n) is 4.96. The number of hydrogen-bond acceptors (Lipinski definition) is 8. The van der Waals surface area contributed by atoms with E-state index in [-0.39, 0.29) is 13.0 Å². The van der Waals surface area contributed by atoms with Crippen molar-refractivity contribution in [1.82, 2.24) is 5.06 Å². The Morgan fingerprint density at radius 3 is 2.64 bits per heavy atom. The summed E-state index contributed by atoms with van der Waals surface area (Å²) < 4.78 is 23.1. The second kappa shape index (κ2) is 4.19. The Morgan fingerprint density at radius 2 is 2.00 bits per heavy atom. The molecule has 0 bridgehead atoms. The molecule has 4 aliphatic heterocycles. The van der Waals surface area contributed by atoms with Crippen LogP contribution in [0.3, 0.4) is 0 Å². The van der Waals surface area contributed by atoms with Crippen molar-refractivity contribution in [2.24, 2.45) is 0 Å². The van der Waals surface area contributed by atoms with Gasteiger partial charge in [-0.2, -0.15) is 5.06 Å². The maximum absolute atomic E-state index is 12.6. The van der Waals surface area contributed by atoms with Crippen LogP contribution in [0.4, 0.5) is 0 Å². The van der Waals surface area contributed by atoms with E-state index in [0.29, 0.717) is 0 Å². The highest BCUT2D eigenvalue weighted by Crippen LogP contribution is 2.52. The normalized spacial score (nSPS) is 53.0. The van der Waals surface area contributed by atoms with Crippen molar-refractivity contribution in [3.05, 3.63) is 0 Å². The van der Waals surface area contributed by atoms with E-state index in [0.717, 1.165) is 0 Å². The first kappa shape index (κ1) is 14.8. The molecule has 0 aromatic rings. The van der Waals surface area contributed by atoms with Crippen LogP contribution in [0, 0.1) is 0 Å². The van der Waals surface area contributed by atoms with Gasteiger partial charge in [-0.15, -0.1) is 0 Å². The van der Waals surface area contributed by atoms with E-state index in [1.807, 2.05) is 0 Å². The molecule has 0 aromatic carbocycles. The quantitative estimate of drug-likeness (QED) is 0.651. The molecule has 0 aromatic heterocycles. The molecular formula is C14H21NO7. The molecule has 8 nitrogen and oxygen atoms in total. The molecule has 1 N–H and O–H groups in total. The summed E-state index contributed by atoms with van der Waals surface area (Å²) in [6.07, 6.45) is -1.81. The number of hydrogen-bond donors (Lipinski definition) is 1. The summed E-state index contributed by atoms with van der Waals surface area (Å²) in [5, 5.41) is 11.0. The van der Waals surface area contributed by atoms with Gasteiger partial charge in [0.1, 0.15) is 11.7 Å². The van der Waals surface area contributed by atoms with Crippen LogP contribution in [-0.4, -0.2) is 71.3 Å². The molecular weight excluding hydrogens is 294 g/mol. The molecule has 4 fully saturated rings. The van der Waals surface area contributed by atoms with Crippen LogP contribution in [0.5, 0.6) is 0 Å². The van der Waals surface area contributed by atoms with E-state index < -0.39 is 47.5 Å². The third-order valence-corrected chi connectivity index (χ3v) is 4.96. The summed E-state index contributed by atoms with van der Waals surface area (Å²) in [5.74, 6) is -1.17. The summed E-state index contributed by atoms with van der Waals surface area (Å²) in [6, 6.07) is 0. The molecule has 8 heteroatoms. The molecule has 4 saturated heterocycles. The monoisotopic (exact) mass is 315 g/mol. The lowest BCUT2D eigenvalue weighted by Gasteiger charge is -2.30. The van der Waals surface area contributed by atoms with Gasteiger partial charge in [-0.25, -0.2) is 4.79 Å². The number of nitrogens with zero attached hydrogens (tertiary/aromatic N) is 1. The van der Waals surface area contributed by atoms with Crippen molar-refractivity contribution in [1.29, 1.82) is 0 Å². The molecule has 0 radical (unpaired) electrons. The number of likely N-dealkylation sites (N-methyl/N-ethyl adjacent to an activating group) is 1. The molecule has 4 rings (SSSR count). The zero-order valence-corrected chi connectivity index (χ0v) is 13.1. The Labute approximate surface area is 128 Å². The number of aliphatic hydroxyl groups is 1. The average Bonchev–Trinajstić information content (AvgIpc) is 3.05. The van der Waals surface area contributed by atoms with E-state index in [2.05, 4.69) is 0 Å². The number of rotatable bonds is 1. The Morgan fingerprint density at radius 1 is 1.27 bits per heavy atom. The predicted molar refractivity (Wildman–Crippen MR) is 70.3 cm³/mol. The molecule has 1 spiro atoms. The molecule has 4 heterocycles. The van der Waals surface area contributed by atoms with E-state index in [9.17, 15) is 9.90 Å². The topological polar surface area (TPSA) is 86.7 Å². The zero-order chi connectivity index (χ0) is 15.9. The smallest absolute Gasteiger partial charge is 0.332 e. The zero-order valence-electron chi connectivity index (χ0n) is 13.1. The van der Waals surface area contributed by atoms with Crippen molar-refractivity contribution in [2.75, 3.05) is 13.7 Å². The Hall–Kier alpha value is -0.770. The van der Waals surface area contributed by atoms with Gasteiger partial charge in [0, 0.05) is 13.5 Å². The van der Waals surface area contributed by atoms with Gasteiger partial charge in [-0.05, 0) is 20.8 Å². The lowest BCUT2D eigenvalue weighted by atomic mass is 9.82. The molecule has 4 aliphatic rings. The SMILES string of the molecule is CN1OC(C)(CO)C[C@]12C(=O)O[C@@H]1[C@H]3OC(C)(C)O[C@H]3O[C@@H]12. The summed E-state index contributed by atoms with van der Waals surface area (Å²) in [6.45, 7) is 5.15. The van der Waals surface area contributed by atoms with E-state index in [4.69, 9.17) is 23.8 Å². The average molecular weight is 315 g/mol. The fourth-order valence-electron chi connectivity index (χ4n) is 4.03. The van der Waals surface area contributed by atoms with Crippen LogP contribution < -0.4 is 0 Å². The van der Waals surface area contributed by atoms with Gasteiger partial charge in [0.25, 0.3) is 0 Å². The number of hydroxylamine groups is 2. The standard InChI is InChI=1S/C14H21NO7/c1-12(2)20-8-7-9(19-10(8)21-12)14(11(17)18-7)5-13(3,6-16)22-15(14)4/h7-10,16H,5-6H2,1-4H3/t7-,8-,9+,10-,13?,14+/m1/s1. The Kier molecular flexibility index (Phi) is 2.82. The molecule has 1 unspecified atom stereocenters. The van der Waals surface area contributed by atoms with Crippen LogP contribution in [0.25, 0.3) is 0 Å². The third kappa shape index (κ3) is 1.70. The molecule has 6 atom stereocenters. The maximum Gasteiger partial charge on any atom is 0.332 e. The van der Waals surface area contributed by atoms with E-state index in [1.165, 1.54) is 5.06 Å². The van der Waals surface area contributed by atoms with Gasteiger partial charge < -0.3 is 24.1 Å². The van der Waals surface area contributed by atoms with E-state index in [1.54, 1.807) is 27.8 Å². The molecule has 124 valence electrons. The van der Waals surface area contributed by atoms with Crippen LogP contribution in [0.2, 0.25) is 0 Å². The fourth-order valence-corrected chi connectivity index (χ4v) is 4.03. The second-order valence-corrected chi connectivity index (χ2v) is 7.19. The number of carbonyl (C=O) groups excluding carboxylic acids is 1.